The van der Waals surface area contributed by atoms with Gasteiger partial charge in [-0.1, -0.05) is 37.1 Å². The molecule has 0 aliphatic carbocycles. The van der Waals surface area contributed by atoms with Crippen LogP contribution in [0.25, 0.3) is 10.9 Å². The molecule has 8 heteroatoms. The van der Waals surface area contributed by atoms with E-state index in [1.807, 2.05) is 24.3 Å². The van der Waals surface area contributed by atoms with E-state index in [4.69, 9.17) is 4.74 Å². The summed E-state index contributed by atoms with van der Waals surface area (Å²) in [6.45, 7) is 2.47. The third-order valence-electron chi connectivity index (χ3n) is 5.78. The monoisotopic (exact) mass is 454 g/mol. The molecule has 0 amide bonds. The second-order valence-electron chi connectivity index (χ2n) is 8.01. The lowest BCUT2D eigenvalue weighted by Gasteiger charge is -2.20. The summed E-state index contributed by atoms with van der Waals surface area (Å²) in [5, 5.41) is 0.755. The van der Waals surface area contributed by atoms with Crippen molar-refractivity contribution in [3.63, 3.8) is 0 Å². The molecule has 1 N–H and O–H groups in total. The van der Waals surface area contributed by atoms with Gasteiger partial charge in [0.05, 0.1) is 10.5 Å². The maximum Gasteiger partial charge on any atom is 0.338 e. The van der Waals surface area contributed by atoms with Crippen LogP contribution in [0.4, 0.5) is 0 Å². The molecule has 0 radical (unpaired) electrons. The highest BCUT2D eigenvalue weighted by Gasteiger charge is 2.27. The van der Waals surface area contributed by atoms with Crippen molar-refractivity contribution in [2.75, 3.05) is 13.1 Å². The fraction of sp³-hybridized carbons (Fsp3) is 0.333. The summed E-state index contributed by atoms with van der Waals surface area (Å²) in [7, 11) is -3.69. The number of nitrogens with one attached hydrogen (secondary N) is 1. The Bertz CT molecular complexity index is 1240. The molecule has 168 valence electrons. The van der Waals surface area contributed by atoms with Crippen molar-refractivity contribution in [2.45, 2.75) is 43.6 Å². The number of benzene rings is 2. The number of hydrogen-bond acceptors (Lipinski definition) is 5. The minimum absolute atomic E-state index is 0.0597. The van der Waals surface area contributed by atoms with E-state index < -0.39 is 22.1 Å². The smallest absolute Gasteiger partial charge is 0.338 e. The van der Waals surface area contributed by atoms with Crippen molar-refractivity contribution >= 4 is 32.7 Å². The molecule has 1 aliphatic rings. The average molecular weight is 455 g/mol. The first-order valence-corrected chi connectivity index (χ1v) is 12.2. The Morgan fingerprint density at radius 1 is 1.00 bits per heavy atom. The van der Waals surface area contributed by atoms with Crippen LogP contribution in [0.5, 0.6) is 0 Å². The maximum atomic E-state index is 13.0. The van der Waals surface area contributed by atoms with Gasteiger partial charge in [-0.2, -0.15) is 4.31 Å². The molecule has 0 saturated carbocycles. The Kier molecular flexibility index (Phi) is 6.43. The summed E-state index contributed by atoms with van der Waals surface area (Å²) in [5.74, 6) is -1.07. The lowest BCUT2D eigenvalue weighted by molar-refractivity contribution is 0.0319. The van der Waals surface area contributed by atoms with Gasteiger partial charge in [0.15, 0.2) is 6.10 Å². The Hall–Kier alpha value is -2.97. The molecule has 1 saturated heterocycles. The molecule has 32 heavy (non-hydrogen) atoms. The van der Waals surface area contributed by atoms with Gasteiger partial charge in [0.1, 0.15) is 0 Å². The number of hydrogen-bond donors (Lipinski definition) is 1. The summed E-state index contributed by atoms with van der Waals surface area (Å²) < 4.78 is 33.0. The molecule has 2 aromatic carbocycles. The quantitative estimate of drug-likeness (QED) is 0.446. The number of aromatic amines is 1. The normalized spacial score (nSPS) is 16.4. The molecular weight excluding hydrogens is 428 g/mol. The third kappa shape index (κ3) is 4.47. The summed E-state index contributed by atoms with van der Waals surface area (Å²) in [5.41, 5.74) is 1.36. The summed E-state index contributed by atoms with van der Waals surface area (Å²) >= 11 is 0. The molecule has 1 atom stereocenters. The molecule has 0 bridgehead atoms. The van der Waals surface area contributed by atoms with Crippen LogP contribution >= 0.6 is 0 Å². The third-order valence-corrected chi connectivity index (χ3v) is 7.67. The van der Waals surface area contributed by atoms with E-state index in [-0.39, 0.29) is 16.2 Å². The van der Waals surface area contributed by atoms with E-state index in [1.165, 1.54) is 35.5 Å². The van der Waals surface area contributed by atoms with Crippen LogP contribution in [0.1, 0.15) is 53.3 Å². The fourth-order valence-corrected chi connectivity index (χ4v) is 5.55. The molecule has 1 fully saturated rings. The highest BCUT2D eigenvalue weighted by molar-refractivity contribution is 7.89. The second-order valence-corrected chi connectivity index (χ2v) is 9.94. The molecule has 4 rings (SSSR count). The first-order chi connectivity index (χ1) is 15.4. The van der Waals surface area contributed by atoms with Gasteiger partial charge in [0, 0.05) is 35.8 Å². The number of Topliss-reactive ketones (excluding diaryl/α,β-unsaturated/α-hetero) is 1. The summed E-state index contributed by atoms with van der Waals surface area (Å²) in [6.07, 6.45) is 4.27. The van der Waals surface area contributed by atoms with Crippen LogP contribution in [0.15, 0.2) is 59.6 Å². The first kappa shape index (κ1) is 22.2. The number of sulfonamides is 1. The number of rotatable bonds is 6. The lowest BCUT2D eigenvalue weighted by atomic mass is 10.1. The molecule has 3 aromatic rings. The second kappa shape index (κ2) is 9.26. The van der Waals surface area contributed by atoms with Crippen molar-refractivity contribution in [1.82, 2.24) is 9.29 Å². The minimum atomic E-state index is -3.69. The van der Waals surface area contributed by atoms with Crippen LogP contribution in [-0.2, 0) is 14.8 Å². The van der Waals surface area contributed by atoms with Crippen LogP contribution in [0, 0.1) is 0 Å². The number of H-pyrrole nitrogens is 1. The molecule has 2 heterocycles. The van der Waals surface area contributed by atoms with E-state index in [1.54, 1.807) is 6.20 Å². The van der Waals surface area contributed by atoms with Crippen molar-refractivity contribution in [1.29, 1.82) is 0 Å². The number of para-hydroxylation sites is 1. The average Bonchev–Trinajstić information content (AvgIpc) is 3.03. The van der Waals surface area contributed by atoms with E-state index in [0.717, 1.165) is 36.6 Å². The highest BCUT2D eigenvalue weighted by atomic mass is 32.2. The van der Waals surface area contributed by atoms with E-state index in [9.17, 15) is 18.0 Å². The number of ether oxygens (including phenoxy) is 1. The van der Waals surface area contributed by atoms with Gasteiger partial charge in [-0.3, -0.25) is 4.79 Å². The zero-order valence-electron chi connectivity index (χ0n) is 17.9. The molecule has 1 aliphatic heterocycles. The van der Waals surface area contributed by atoms with Crippen molar-refractivity contribution < 1.29 is 22.7 Å². The van der Waals surface area contributed by atoms with E-state index >= 15 is 0 Å². The Morgan fingerprint density at radius 3 is 2.47 bits per heavy atom. The van der Waals surface area contributed by atoms with Gasteiger partial charge in [0.25, 0.3) is 0 Å². The van der Waals surface area contributed by atoms with Crippen LogP contribution < -0.4 is 0 Å². The molecule has 0 spiro atoms. The number of ketones is 1. The Balaban J connectivity index is 1.50. The topological polar surface area (TPSA) is 96.5 Å². The summed E-state index contributed by atoms with van der Waals surface area (Å²) in [4.78, 5) is 28.7. The SMILES string of the molecule is CC(OC(=O)c1cccc(S(=O)(=O)N2CCCCCC2)c1)C(=O)c1c[nH]c2ccccc12. The number of aromatic nitrogens is 1. The molecular formula is C24H26N2O5S. The number of esters is 1. The Labute approximate surface area is 187 Å². The number of carbonyl (C=O) groups excluding carboxylic acids is 2. The predicted octanol–water partition coefficient (Wildman–Crippen LogP) is 4.16. The fourth-order valence-electron chi connectivity index (χ4n) is 3.99. The number of nitrogens with zero attached hydrogens (tertiary/aromatic N) is 1. The van der Waals surface area contributed by atoms with Crippen LogP contribution in [0.3, 0.4) is 0 Å². The van der Waals surface area contributed by atoms with Gasteiger partial charge < -0.3 is 9.72 Å². The van der Waals surface area contributed by atoms with Gasteiger partial charge in [-0.15, -0.1) is 0 Å². The molecule has 7 nitrogen and oxygen atoms in total. The predicted molar refractivity (Wildman–Crippen MR) is 121 cm³/mol. The Morgan fingerprint density at radius 2 is 1.72 bits per heavy atom. The largest absolute Gasteiger partial charge is 0.451 e. The number of carbonyl (C=O) groups is 2. The van der Waals surface area contributed by atoms with E-state index in [0.29, 0.717) is 18.7 Å². The van der Waals surface area contributed by atoms with Crippen LogP contribution in [0.2, 0.25) is 0 Å². The van der Waals surface area contributed by atoms with Gasteiger partial charge >= 0.3 is 5.97 Å². The standard InChI is InChI=1S/C24H26N2O5S/c1-17(23(27)21-16-25-22-12-5-4-11-20(21)22)31-24(28)18-9-8-10-19(15-18)32(29,30)26-13-6-2-3-7-14-26/h4-5,8-12,15-17,25H,2-3,6-7,13-14H2,1H3. The highest BCUT2D eigenvalue weighted by Crippen LogP contribution is 2.23. The van der Waals surface area contributed by atoms with E-state index in [2.05, 4.69) is 4.98 Å². The molecule has 1 aromatic heterocycles. The summed E-state index contributed by atoms with van der Waals surface area (Å²) in [6, 6.07) is 13.2. The zero-order chi connectivity index (χ0) is 22.7. The van der Waals surface area contributed by atoms with Crippen molar-refractivity contribution in [3.05, 3.63) is 65.9 Å². The van der Waals surface area contributed by atoms with Gasteiger partial charge in [-0.25, -0.2) is 13.2 Å². The lowest BCUT2D eigenvalue weighted by Crippen LogP contribution is -2.32. The van der Waals surface area contributed by atoms with Gasteiger partial charge in [0.2, 0.25) is 15.8 Å². The maximum absolute atomic E-state index is 13.0. The first-order valence-electron chi connectivity index (χ1n) is 10.8. The number of fused-ring (bicyclic) bond motifs is 1. The van der Waals surface area contributed by atoms with Crippen molar-refractivity contribution in [2.24, 2.45) is 0 Å². The molecule has 1 unspecified atom stereocenters. The van der Waals surface area contributed by atoms with Crippen LogP contribution in [-0.4, -0.2) is 48.7 Å². The van der Waals surface area contributed by atoms with Gasteiger partial charge in [-0.05, 0) is 44.0 Å². The zero-order valence-corrected chi connectivity index (χ0v) is 18.7. The minimum Gasteiger partial charge on any atom is -0.451 e. The van der Waals surface area contributed by atoms with Crippen molar-refractivity contribution in [3.8, 4) is 0 Å².